The third-order valence-electron chi connectivity index (χ3n) is 4.11. The summed E-state index contributed by atoms with van der Waals surface area (Å²) in [6, 6.07) is 15.5. The van der Waals surface area contributed by atoms with Crippen LogP contribution in [0.3, 0.4) is 0 Å². The van der Waals surface area contributed by atoms with Crippen LogP contribution in [0.1, 0.15) is 11.1 Å². The Balaban J connectivity index is 1.86. The summed E-state index contributed by atoms with van der Waals surface area (Å²) in [5, 5.41) is 6.08. The normalized spacial score (nSPS) is 11.6. The standard InChI is InChI=1S/C20H26N2O3/c1-21-17(13-15-7-5-4-6-8-15)20(23)22-12-11-16-9-10-18(24-2)19(14-16)25-3/h4-10,14,17,21H,11-13H2,1-3H3,(H,22,23)/t17-/m0/s1. The smallest absolute Gasteiger partial charge is 0.237 e. The van der Waals surface area contributed by atoms with E-state index in [9.17, 15) is 4.79 Å². The van der Waals surface area contributed by atoms with Crippen LogP contribution < -0.4 is 20.1 Å². The van der Waals surface area contributed by atoms with Gasteiger partial charge in [0.2, 0.25) is 5.91 Å². The monoisotopic (exact) mass is 342 g/mol. The van der Waals surface area contributed by atoms with Gasteiger partial charge in [0.05, 0.1) is 20.3 Å². The van der Waals surface area contributed by atoms with E-state index in [0.29, 0.717) is 24.5 Å². The van der Waals surface area contributed by atoms with Crippen molar-refractivity contribution < 1.29 is 14.3 Å². The zero-order valence-corrected chi connectivity index (χ0v) is 15.0. The predicted octanol–water partition coefficient (Wildman–Crippen LogP) is 2.19. The number of benzene rings is 2. The van der Waals surface area contributed by atoms with E-state index in [0.717, 1.165) is 17.5 Å². The minimum Gasteiger partial charge on any atom is -0.493 e. The topological polar surface area (TPSA) is 59.6 Å². The van der Waals surface area contributed by atoms with Crippen LogP contribution in [0.5, 0.6) is 11.5 Å². The Kier molecular flexibility index (Phi) is 7.29. The van der Waals surface area contributed by atoms with Gasteiger partial charge in [0.1, 0.15) is 0 Å². The second-order valence-electron chi connectivity index (χ2n) is 5.76. The molecule has 0 aliphatic carbocycles. The number of carbonyl (C=O) groups is 1. The van der Waals surface area contributed by atoms with Crippen LogP contribution in [0.2, 0.25) is 0 Å². The fourth-order valence-electron chi connectivity index (χ4n) is 2.67. The van der Waals surface area contributed by atoms with E-state index >= 15 is 0 Å². The van der Waals surface area contributed by atoms with Crippen molar-refractivity contribution in [3.63, 3.8) is 0 Å². The Hall–Kier alpha value is -2.53. The van der Waals surface area contributed by atoms with Crippen molar-refractivity contribution >= 4 is 5.91 Å². The molecule has 2 aromatic rings. The summed E-state index contributed by atoms with van der Waals surface area (Å²) in [4.78, 5) is 12.4. The minimum absolute atomic E-state index is 0.00632. The SMILES string of the molecule is CN[C@@H](Cc1ccccc1)C(=O)NCCc1ccc(OC)c(OC)c1. The summed E-state index contributed by atoms with van der Waals surface area (Å²) < 4.78 is 10.5. The summed E-state index contributed by atoms with van der Waals surface area (Å²) in [6.45, 7) is 0.571. The number of carbonyl (C=O) groups excluding carboxylic acids is 1. The summed E-state index contributed by atoms with van der Waals surface area (Å²) in [7, 11) is 5.04. The molecule has 2 aromatic carbocycles. The van der Waals surface area contributed by atoms with Gasteiger partial charge < -0.3 is 20.1 Å². The second kappa shape index (κ2) is 9.69. The third-order valence-corrected chi connectivity index (χ3v) is 4.11. The van der Waals surface area contributed by atoms with Crippen molar-refractivity contribution in [1.82, 2.24) is 10.6 Å². The predicted molar refractivity (Wildman–Crippen MR) is 99.3 cm³/mol. The fraction of sp³-hybridized carbons (Fsp3) is 0.350. The molecule has 5 heteroatoms. The third kappa shape index (κ3) is 5.50. The minimum atomic E-state index is -0.243. The molecule has 1 amide bonds. The van der Waals surface area contributed by atoms with Gasteiger partial charge in [-0.05, 0) is 43.1 Å². The molecule has 0 aliphatic rings. The van der Waals surface area contributed by atoms with Gasteiger partial charge in [0.25, 0.3) is 0 Å². The Morgan fingerprint density at radius 2 is 1.72 bits per heavy atom. The van der Waals surface area contributed by atoms with Crippen molar-refractivity contribution in [2.45, 2.75) is 18.9 Å². The maximum atomic E-state index is 12.4. The first-order valence-electron chi connectivity index (χ1n) is 8.37. The van der Waals surface area contributed by atoms with Crippen molar-refractivity contribution in [3.8, 4) is 11.5 Å². The number of nitrogens with one attached hydrogen (secondary N) is 2. The first-order valence-corrected chi connectivity index (χ1v) is 8.37. The van der Waals surface area contributed by atoms with Crippen LogP contribution in [0.15, 0.2) is 48.5 Å². The Labute approximate surface area is 149 Å². The lowest BCUT2D eigenvalue weighted by Crippen LogP contribution is -2.44. The van der Waals surface area contributed by atoms with Crippen LogP contribution in [0.4, 0.5) is 0 Å². The molecular weight excluding hydrogens is 316 g/mol. The molecule has 0 fully saturated rings. The Morgan fingerprint density at radius 3 is 2.36 bits per heavy atom. The lowest BCUT2D eigenvalue weighted by Gasteiger charge is -2.16. The van der Waals surface area contributed by atoms with Gasteiger partial charge in [-0.25, -0.2) is 0 Å². The summed E-state index contributed by atoms with van der Waals surface area (Å²) in [6.07, 6.45) is 1.40. The van der Waals surface area contributed by atoms with E-state index in [2.05, 4.69) is 10.6 Å². The van der Waals surface area contributed by atoms with Crippen molar-refractivity contribution in [2.24, 2.45) is 0 Å². The van der Waals surface area contributed by atoms with Gasteiger partial charge in [-0.3, -0.25) is 4.79 Å². The lowest BCUT2D eigenvalue weighted by atomic mass is 10.1. The summed E-state index contributed by atoms with van der Waals surface area (Å²) >= 11 is 0. The van der Waals surface area contributed by atoms with Crippen molar-refractivity contribution in [2.75, 3.05) is 27.8 Å². The molecule has 5 nitrogen and oxygen atoms in total. The molecule has 134 valence electrons. The second-order valence-corrected chi connectivity index (χ2v) is 5.76. The molecule has 25 heavy (non-hydrogen) atoms. The number of amides is 1. The molecule has 2 rings (SSSR count). The molecular formula is C20H26N2O3. The highest BCUT2D eigenvalue weighted by atomic mass is 16.5. The van der Waals surface area contributed by atoms with E-state index < -0.39 is 0 Å². The summed E-state index contributed by atoms with van der Waals surface area (Å²) in [5.74, 6) is 1.41. The first kappa shape index (κ1) is 18.8. The van der Waals surface area contributed by atoms with E-state index in [1.807, 2.05) is 55.6 Å². The average molecular weight is 342 g/mol. The first-order chi connectivity index (χ1) is 12.2. The van der Waals surface area contributed by atoms with Crippen LogP contribution in [0, 0.1) is 0 Å². The van der Waals surface area contributed by atoms with Crippen LogP contribution in [0.25, 0.3) is 0 Å². The molecule has 0 saturated heterocycles. The van der Waals surface area contributed by atoms with Crippen molar-refractivity contribution in [3.05, 3.63) is 59.7 Å². The van der Waals surface area contributed by atoms with Crippen LogP contribution in [-0.2, 0) is 17.6 Å². The largest absolute Gasteiger partial charge is 0.493 e. The van der Waals surface area contributed by atoms with Gasteiger partial charge in [-0.2, -0.15) is 0 Å². The van der Waals surface area contributed by atoms with Gasteiger partial charge in [0, 0.05) is 6.54 Å². The molecule has 0 aromatic heterocycles. The van der Waals surface area contributed by atoms with Crippen LogP contribution >= 0.6 is 0 Å². The Morgan fingerprint density at radius 1 is 1.00 bits per heavy atom. The maximum absolute atomic E-state index is 12.4. The van der Waals surface area contributed by atoms with Crippen molar-refractivity contribution in [1.29, 1.82) is 0 Å². The Bertz CT molecular complexity index is 674. The number of rotatable bonds is 9. The zero-order valence-electron chi connectivity index (χ0n) is 15.0. The molecule has 0 spiro atoms. The quantitative estimate of drug-likeness (QED) is 0.733. The highest BCUT2D eigenvalue weighted by Crippen LogP contribution is 2.27. The van der Waals surface area contributed by atoms with E-state index in [4.69, 9.17) is 9.47 Å². The van der Waals surface area contributed by atoms with Gasteiger partial charge >= 0.3 is 0 Å². The average Bonchev–Trinajstić information content (AvgIpc) is 2.66. The molecule has 0 aliphatic heterocycles. The number of hydrogen-bond acceptors (Lipinski definition) is 4. The fourth-order valence-corrected chi connectivity index (χ4v) is 2.67. The zero-order chi connectivity index (χ0) is 18.1. The molecule has 0 saturated carbocycles. The number of hydrogen-bond donors (Lipinski definition) is 2. The maximum Gasteiger partial charge on any atom is 0.237 e. The number of ether oxygens (including phenoxy) is 2. The molecule has 0 bridgehead atoms. The van der Waals surface area contributed by atoms with Gasteiger partial charge in [0.15, 0.2) is 11.5 Å². The van der Waals surface area contributed by atoms with E-state index in [-0.39, 0.29) is 11.9 Å². The number of methoxy groups -OCH3 is 2. The van der Waals surface area contributed by atoms with Crippen LogP contribution in [-0.4, -0.2) is 39.8 Å². The highest BCUT2D eigenvalue weighted by Gasteiger charge is 2.16. The van der Waals surface area contributed by atoms with Gasteiger partial charge in [-0.1, -0.05) is 36.4 Å². The number of likely N-dealkylation sites (N-methyl/N-ethyl adjacent to an activating group) is 1. The lowest BCUT2D eigenvalue weighted by molar-refractivity contribution is -0.122. The van der Waals surface area contributed by atoms with Gasteiger partial charge in [-0.15, -0.1) is 0 Å². The van der Waals surface area contributed by atoms with E-state index in [1.54, 1.807) is 14.2 Å². The molecule has 2 N–H and O–H groups in total. The summed E-state index contributed by atoms with van der Waals surface area (Å²) in [5.41, 5.74) is 2.22. The molecule has 0 radical (unpaired) electrons. The molecule has 0 unspecified atom stereocenters. The van der Waals surface area contributed by atoms with E-state index in [1.165, 1.54) is 0 Å². The molecule has 1 atom stereocenters. The molecule has 0 heterocycles. The highest BCUT2D eigenvalue weighted by molar-refractivity contribution is 5.82.